The number of likely N-dealkylation sites (N-methyl/N-ethyl adjacent to an activating group) is 1. The van der Waals surface area contributed by atoms with Crippen LogP contribution in [0.15, 0.2) is 24.3 Å². The van der Waals surface area contributed by atoms with Crippen molar-refractivity contribution >= 4 is 18.3 Å². The van der Waals surface area contributed by atoms with Crippen LogP contribution in [-0.4, -0.2) is 48.9 Å². The minimum Gasteiger partial charge on any atom is -0.336 e. The molecular formula is C13H20ClN3O. The van der Waals surface area contributed by atoms with Crippen molar-refractivity contribution in [2.24, 2.45) is 5.73 Å². The third-order valence-corrected chi connectivity index (χ3v) is 3.23. The molecular weight excluding hydrogens is 250 g/mol. The van der Waals surface area contributed by atoms with E-state index in [4.69, 9.17) is 5.73 Å². The molecule has 0 bridgehead atoms. The molecule has 2 N–H and O–H groups in total. The topological polar surface area (TPSA) is 49.6 Å². The average Bonchev–Trinajstić information content (AvgIpc) is 2.39. The molecule has 0 saturated carbocycles. The number of piperazine rings is 1. The number of hydrogen-bond donors (Lipinski definition) is 1. The molecule has 2 rings (SSSR count). The van der Waals surface area contributed by atoms with Gasteiger partial charge in [0, 0.05) is 38.3 Å². The number of nitrogens with two attached hydrogens (primary N) is 1. The average molecular weight is 270 g/mol. The molecule has 1 fully saturated rings. The number of nitrogens with zero attached hydrogens (tertiary/aromatic N) is 2. The van der Waals surface area contributed by atoms with Crippen molar-refractivity contribution in [3.05, 3.63) is 35.4 Å². The van der Waals surface area contributed by atoms with Crippen molar-refractivity contribution in [2.75, 3.05) is 33.2 Å². The summed E-state index contributed by atoms with van der Waals surface area (Å²) in [6.07, 6.45) is 0. The molecule has 0 aromatic heterocycles. The van der Waals surface area contributed by atoms with Crippen LogP contribution in [0.4, 0.5) is 0 Å². The lowest BCUT2D eigenvalue weighted by Crippen LogP contribution is -2.47. The molecule has 18 heavy (non-hydrogen) atoms. The Bertz CT molecular complexity index is 386. The maximum absolute atomic E-state index is 12.2. The normalized spacial score (nSPS) is 16.2. The lowest BCUT2D eigenvalue weighted by Gasteiger charge is -2.32. The first-order chi connectivity index (χ1) is 8.20. The van der Waals surface area contributed by atoms with Crippen molar-refractivity contribution in [2.45, 2.75) is 6.54 Å². The fourth-order valence-corrected chi connectivity index (χ4v) is 1.98. The lowest BCUT2D eigenvalue weighted by atomic mass is 10.1. The second-order valence-electron chi connectivity index (χ2n) is 4.50. The minimum absolute atomic E-state index is 0. The third-order valence-electron chi connectivity index (χ3n) is 3.23. The summed E-state index contributed by atoms with van der Waals surface area (Å²) < 4.78 is 0. The van der Waals surface area contributed by atoms with Gasteiger partial charge in [-0.2, -0.15) is 0 Å². The Labute approximate surface area is 114 Å². The van der Waals surface area contributed by atoms with Gasteiger partial charge in [0.1, 0.15) is 0 Å². The van der Waals surface area contributed by atoms with E-state index in [0.29, 0.717) is 6.54 Å². The standard InChI is InChI=1S/C13H19N3O.ClH/c1-15-6-8-16(9-7-15)13(17)12-4-2-11(10-14)3-5-12;/h2-5H,6-10,14H2,1H3;1H. The summed E-state index contributed by atoms with van der Waals surface area (Å²) in [5.41, 5.74) is 7.34. The summed E-state index contributed by atoms with van der Waals surface area (Å²) in [7, 11) is 2.08. The fourth-order valence-electron chi connectivity index (χ4n) is 1.98. The highest BCUT2D eigenvalue weighted by molar-refractivity contribution is 5.94. The monoisotopic (exact) mass is 269 g/mol. The van der Waals surface area contributed by atoms with Gasteiger partial charge >= 0.3 is 0 Å². The predicted molar refractivity (Wildman–Crippen MR) is 75.0 cm³/mol. The van der Waals surface area contributed by atoms with Gasteiger partial charge < -0.3 is 15.5 Å². The van der Waals surface area contributed by atoms with Crippen LogP contribution in [0.5, 0.6) is 0 Å². The Morgan fingerprint density at radius 1 is 1.17 bits per heavy atom. The quantitative estimate of drug-likeness (QED) is 0.870. The van der Waals surface area contributed by atoms with Crippen LogP contribution >= 0.6 is 12.4 Å². The van der Waals surface area contributed by atoms with Gasteiger partial charge in [0.2, 0.25) is 0 Å². The zero-order valence-corrected chi connectivity index (χ0v) is 11.4. The van der Waals surface area contributed by atoms with Crippen LogP contribution in [0.3, 0.4) is 0 Å². The van der Waals surface area contributed by atoms with Gasteiger partial charge in [-0.15, -0.1) is 12.4 Å². The van der Waals surface area contributed by atoms with E-state index in [1.807, 2.05) is 29.2 Å². The smallest absolute Gasteiger partial charge is 0.253 e. The van der Waals surface area contributed by atoms with Crippen LogP contribution < -0.4 is 5.73 Å². The van der Waals surface area contributed by atoms with Gasteiger partial charge in [0.25, 0.3) is 5.91 Å². The number of hydrogen-bond acceptors (Lipinski definition) is 3. The minimum atomic E-state index is 0. The number of halogens is 1. The highest BCUT2D eigenvalue weighted by atomic mass is 35.5. The van der Waals surface area contributed by atoms with Gasteiger partial charge in [0.05, 0.1) is 0 Å². The van der Waals surface area contributed by atoms with E-state index in [1.165, 1.54) is 0 Å². The zero-order valence-electron chi connectivity index (χ0n) is 10.6. The summed E-state index contributed by atoms with van der Waals surface area (Å²) in [6, 6.07) is 7.57. The molecule has 1 aromatic carbocycles. The number of rotatable bonds is 2. The van der Waals surface area contributed by atoms with Gasteiger partial charge in [-0.05, 0) is 24.7 Å². The molecule has 0 unspecified atom stereocenters. The van der Waals surface area contributed by atoms with Crippen molar-refractivity contribution < 1.29 is 4.79 Å². The van der Waals surface area contributed by atoms with Gasteiger partial charge in [-0.3, -0.25) is 4.79 Å². The second-order valence-corrected chi connectivity index (χ2v) is 4.50. The maximum atomic E-state index is 12.2. The van der Waals surface area contributed by atoms with Crippen LogP contribution in [-0.2, 0) is 6.54 Å². The summed E-state index contributed by atoms with van der Waals surface area (Å²) in [6.45, 7) is 4.05. The molecule has 5 heteroatoms. The Hall–Kier alpha value is -1.10. The van der Waals surface area contributed by atoms with E-state index < -0.39 is 0 Å². The number of benzene rings is 1. The highest BCUT2D eigenvalue weighted by Gasteiger charge is 2.19. The lowest BCUT2D eigenvalue weighted by molar-refractivity contribution is 0.0664. The Morgan fingerprint density at radius 3 is 2.22 bits per heavy atom. The number of amides is 1. The zero-order chi connectivity index (χ0) is 12.3. The molecule has 1 amide bonds. The van der Waals surface area contributed by atoms with Crippen molar-refractivity contribution in [3.8, 4) is 0 Å². The largest absolute Gasteiger partial charge is 0.336 e. The van der Waals surface area contributed by atoms with Crippen molar-refractivity contribution in [1.82, 2.24) is 9.80 Å². The Kier molecular flexibility index (Phi) is 5.59. The molecule has 4 nitrogen and oxygen atoms in total. The van der Waals surface area contributed by atoms with Gasteiger partial charge in [0.15, 0.2) is 0 Å². The van der Waals surface area contributed by atoms with Crippen LogP contribution in [0.25, 0.3) is 0 Å². The first-order valence-corrected chi connectivity index (χ1v) is 5.97. The van der Waals surface area contributed by atoms with E-state index in [2.05, 4.69) is 11.9 Å². The van der Waals surface area contributed by atoms with Crippen molar-refractivity contribution in [3.63, 3.8) is 0 Å². The Balaban J connectivity index is 0.00000162. The van der Waals surface area contributed by atoms with E-state index >= 15 is 0 Å². The highest BCUT2D eigenvalue weighted by Crippen LogP contribution is 2.09. The number of carbonyl (C=O) groups excluding carboxylic acids is 1. The first kappa shape index (κ1) is 15.0. The van der Waals surface area contributed by atoms with Crippen LogP contribution in [0.2, 0.25) is 0 Å². The van der Waals surface area contributed by atoms with Gasteiger partial charge in [-0.25, -0.2) is 0 Å². The van der Waals surface area contributed by atoms with Gasteiger partial charge in [-0.1, -0.05) is 12.1 Å². The molecule has 0 spiro atoms. The summed E-state index contributed by atoms with van der Waals surface area (Å²) in [4.78, 5) is 16.3. The summed E-state index contributed by atoms with van der Waals surface area (Å²) in [5, 5.41) is 0. The molecule has 1 aliphatic heterocycles. The SMILES string of the molecule is CN1CCN(C(=O)c2ccc(CN)cc2)CC1.Cl. The molecule has 0 atom stereocenters. The molecule has 1 aromatic rings. The van der Waals surface area contributed by atoms with E-state index in [0.717, 1.165) is 37.3 Å². The van der Waals surface area contributed by atoms with E-state index in [1.54, 1.807) is 0 Å². The van der Waals surface area contributed by atoms with Crippen LogP contribution in [0.1, 0.15) is 15.9 Å². The number of carbonyl (C=O) groups is 1. The first-order valence-electron chi connectivity index (χ1n) is 5.97. The van der Waals surface area contributed by atoms with E-state index in [9.17, 15) is 4.79 Å². The second kappa shape index (κ2) is 6.73. The molecule has 1 heterocycles. The summed E-state index contributed by atoms with van der Waals surface area (Å²) >= 11 is 0. The van der Waals surface area contributed by atoms with Crippen LogP contribution in [0, 0.1) is 0 Å². The summed E-state index contributed by atoms with van der Waals surface area (Å²) in [5.74, 6) is 0.127. The maximum Gasteiger partial charge on any atom is 0.253 e. The molecule has 0 aliphatic carbocycles. The third kappa shape index (κ3) is 3.45. The predicted octanol–water partition coefficient (Wildman–Crippen LogP) is 0.955. The van der Waals surface area contributed by atoms with Crippen molar-refractivity contribution in [1.29, 1.82) is 0 Å². The Morgan fingerprint density at radius 2 is 1.72 bits per heavy atom. The fraction of sp³-hybridized carbons (Fsp3) is 0.462. The molecule has 100 valence electrons. The molecule has 1 aliphatic rings. The van der Waals surface area contributed by atoms with E-state index in [-0.39, 0.29) is 18.3 Å². The molecule has 0 radical (unpaired) electrons. The molecule has 1 saturated heterocycles.